The van der Waals surface area contributed by atoms with E-state index in [4.69, 9.17) is 27.8 Å². The molecule has 104 valence electrons. The first-order valence-electron chi connectivity index (χ1n) is 5.72. The number of carbonyl (C=O) groups excluding carboxylic acids is 1. The van der Waals surface area contributed by atoms with Crippen LogP contribution in [-0.2, 0) is 0 Å². The Balaban J connectivity index is 2.48. The molecule has 0 atom stereocenters. The van der Waals surface area contributed by atoms with E-state index in [9.17, 15) is 9.18 Å². The number of ether oxygens (including phenoxy) is 1. The number of benzene rings is 2. The highest BCUT2D eigenvalue weighted by Crippen LogP contribution is 2.33. The number of rotatable bonds is 3. The molecule has 2 aromatic carbocycles. The van der Waals surface area contributed by atoms with Crippen LogP contribution in [0.15, 0.2) is 30.3 Å². The highest BCUT2D eigenvalue weighted by molar-refractivity contribution is 6.33. The molecule has 0 radical (unpaired) electrons. The minimum Gasteiger partial charge on any atom is -0.456 e. The molecule has 0 aromatic heterocycles. The molecular formula is C14H12ClFN2O2. The van der Waals surface area contributed by atoms with Crippen LogP contribution >= 0.6 is 11.6 Å². The van der Waals surface area contributed by atoms with Crippen molar-refractivity contribution < 1.29 is 13.9 Å². The smallest absolute Gasteiger partial charge is 0.255 e. The molecule has 0 saturated carbocycles. The normalized spacial score (nSPS) is 10.3. The molecule has 0 aliphatic rings. The monoisotopic (exact) mass is 294 g/mol. The molecule has 1 amide bonds. The molecule has 0 aliphatic carbocycles. The van der Waals surface area contributed by atoms with Crippen LogP contribution in [0.5, 0.6) is 11.5 Å². The first-order valence-corrected chi connectivity index (χ1v) is 6.09. The van der Waals surface area contributed by atoms with Crippen molar-refractivity contribution in [2.24, 2.45) is 5.73 Å². The lowest BCUT2D eigenvalue weighted by molar-refractivity contribution is 0.0994. The molecule has 2 aromatic rings. The van der Waals surface area contributed by atoms with Gasteiger partial charge in [-0.25, -0.2) is 4.39 Å². The Morgan fingerprint density at radius 2 is 2.00 bits per heavy atom. The van der Waals surface area contributed by atoms with Gasteiger partial charge in [-0.3, -0.25) is 4.79 Å². The van der Waals surface area contributed by atoms with Crippen LogP contribution in [0, 0.1) is 12.7 Å². The van der Waals surface area contributed by atoms with E-state index in [0.717, 1.165) is 6.07 Å². The Labute approximate surface area is 120 Å². The molecule has 2 rings (SSSR count). The SMILES string of the molecule is Cc1cc(N)c(Cl)cc1Oc1cccc(F)c1C(N)=O. The molecule has 0 bridgehead atoms. The van der Waals surface area contributed by atoms with Gasteiger partial charge in [-0.2, -0.15) is 0 Å². The van der Waals surface area contributed by atoms with Crippen LogP contribution in [0.3, 0.4) is 0 Å². The summed E-state index contributed by atoms with van der Waals surface area (Å²) in [5.74, 6) is -1.25. The second-order valence-corrected chi connectivity index (χ2v) is 4.63. The van der Waals surface area contributed by atoms with Gasteiger partial charge in [0.05, 0.1) is 10.7 Å². The zero-order valence-corrected chi connectivity index (χ0v) is 11.4. The van der Waals surface area contributed by atoms with Crippen molar-refractivity contribution in [1.29, 1.82) is 0 Å². The standard InChI is InChI=1S/C14H12ClFN2O2/c1-7-5-10(17)8(15)6-12(7)20-11-4-2-3-9(16)13(11)14(18)19/h2-6H,17H2,1H3,(H2,18,19). The molecule has 4 N–H and O–H groups in total. The molecular weight excluding hydrogens is 283 g/mol. The number of primary amides is 1. The van der Waals surface area contributed by atoms with E-state index >= 15 is 0 Å². The fourth-order valence-electron chi connectivity index (χ4n) is 1.74. The predicted octanol–water partition coefficient (Wildman–Crippen LogP) is 3.26. The number of halogens is 2. The minimum atomic E-state index is -0.905. The van der Waals surface area contributed by atoms with Gasteiger partial charge >= 0.3 is 0 Å². The van der Waals surface area contributed by atoms with E-state index in [1.165, 1.54) is 18.2 Å². The van der Waals surface area contributed by atoms with E-state index in [1.807, 2.05) is 0 Å². The van der Waals surface area contributed by atoms with Crippen LogP contribution in [0.1, 0.15) is 15.9 Å². The molecule has 20 heavy (non-hydrogen) atoms. The van der Waals surface area contributed by atoms with Crippen molar-refractivity contribution >= 4 is 23.2 Å². The van der Waals surface area contributed by atoms with E-state index < -0.39 is 11.7 Å². The maximum Gasteiger partial charge on any atom is 0.255 e. The van der Waals surface area contributed by atoms with Gasteiger partial charge in [0.25, 0.3) is 5.91 Å². The molecule has 0 saturated heterocycles. The molecule has 6 heteroatoms. The van der Waals surface area contributed by atoms with Gasteiger partial charge in [0, 0.05) is 6.07 Å². The Kier molecular flexibility index (Phi) is 3.81. The highest BCUT2D eigenvalue weighted by Gasteiger charge is 2.16. The summed E-state index contributed by atoms with van der Waals surface area (Å²) in [4.78, 5) is 11.3. The van der Waals surface area contributed by atoms with Crippen molar-refractivity contribution in [3.05, 3.63) is 52.3 Å². The van der Waals surface area contributed by atoms with Crippen molar-refractivity contribution in [2.45, 2.75) is 6.92 Å². The average Bonchev–Trinajstić information content (AvgIpc) is 2.35. The van der Waals surface area contributed by atoms with Gasteiger partial charge in [-0.15, -0.1) is 0 Å². The van der Waals surface area contributed by atoms with E-state index in [1.54, 1.807) is 13.0 Å². The molecule has 0 fully saturated rings. The number of anilines is 1. The molecule has 0 spiro atoms. The number of nitrogens with two attached hydrogens (primary N) is 2. The van der Waals surface area contributed by atoms with Crippen LogP contribution in [0.4, 0.5) is 10.1 Å². The Bertz CT molecular complexity index is 689. The zero-order chi connectivity index (χ0) is 14.9. The molecule has 4 nitrogen and oxygen atoms in total. The molecule has 0 aliphatic heterocycles. The summed E-state index contributed by atoms with van der Waals surface area (Å²) in [7, 11) is 0. The number of hydrogen-bond donors (Lipinski definition) is 2. The summed E-state index contributed by atoms with van der Waals surface area (Å²) in [6.45, 7) is 1.76. The second kappa shape index (κ2) is 5.38. The lowest BCUT2D eigenvalue weighted by Crippen LogP contribution is -2.14. The summed E-state index contributed by atoms with van der Waals surface area (Å²) in [6.07, 6.45) is 0. The van der Waals surface area contributed by atoms with E-state index in [0.29, 0.717) is 22.0 Å². The number of carbonyl (C=O) groups is 1. The summed E-state index contributed by atoms with van der Waals surface area (Å²) in [5, 5.41) is 0.308. The predicted molar refractivity (Wildman–Crippen MR) is 75.6 cm³/mol. The quantitative estimate of drug-likeness (QED) is 0.853. The lowest BCUT2D eigenvalue weighted by atomic mass is 10.1. The summed E-state index contributed by atoms with van der Waals surface area (Å²) in [5.41, 5.74) is 11.6. The largest absolute Gasteiger partial charge is 0.456 e. The van der Waals surface area contributed by atoms with Gasteiger partial charge in [0.2, 0.25) is 0 Å². The fraction of sp³-hybridized carbons (Fsp3) is 0.0714. The number of aryl methyl sites for hydroxylation is 1. The number of nitrogen functional groups attached to an aromatic ring is 1. The zero-order valence-electron chi connectivity index (χ0n) is 10.6. The van der Waals surface area contributed by atoms with Crippen LogP contribution in [0.2, 0.25) is 5.02 Å². The number of amides is 1. The van der Waals surface area contributed by atoms with Crippen molar-refractivity contribution in [1.82, 2.24) is 0 Å². The Morgan fingerprint density at radius 1 is 1.30 bits per heavy atom. The van der Waals surface area contributed by atoms with Crippen LogP contribution in [0.25, 0.3) is 0 Å². The Hall–Kier alpha value is -2.27. The van der Waals surface area contributed by atoms with E-state index in [-0.39, 0.29) is 11.3 Å². The number of hydrogen-bond acceptors (Lipinski definition) is 3. The minimum absolute atomic E-state index is 0.0291. The average molecular weight is 295 g/mol. The lowest BCUT2D eigenvalue weighted by Gasteiger charge is -2.13. The van der Waals surface area contributed by atoms with Gasteiger partial charge in [0.15, 0.2) is 0 Å². The van der Waals surface area contributed by atoms with Crippen molar-refractivity contribution in [2.75, 3.05) is 5.73 Å². The van der Waals surface area contributed by atoms with Crippen molar-refractivity contribution in [3.63, 3.8) is 0 Å². The Morgan fingerprint density at radius 3 is 2.65 bits per heavy atom. The maximum absolute atomic E-state index is 13.6. The van der Waals surface area contributed by atoms with Crippen LogP contribution in [-0.4, -0.2) is 5.91 Å². The van der Waals surface area contributed by atoms with Gasteiger partial charge in [0.1, 0.15) is 22.9 Å². The molecule has 0 heterocycles. The van der Waals surface area contributed by atoms with Gasteiger partial charge in [-0.1, -0.05) is 17.7 Å². The first kappa shape index (κ1) is 14.1. The second-order valence-electron chi connectivity index (χ2n) is 4.22. The third-order valence-electron chi connectivity index (χ3n) is 2.74. The summed E-state index contributed by atoms with van der Waals surface area (Å²) in [6, 6.07) is 7.14. The van der Waals surface area contributed by atoms with Gasteiger partial charge in [-0.05, 0) is 30.7 Å². The fourth-order valence-corrected chi connectivity index (χ4v) is 1.90. The topological polar surface area (TPSA) is 78.3 Å². The third kappa shape index (κ3) is 2.67. The summed E-state index contributed by atoms with van der Waals surface area (Å²) < 4.78 is 19.2. The maximum atomic E-state index is 13.6. The van der Waals surface area contributed by atoms with Gasteiger partial charge < -0.3 is 16.2 Å². The van der Waals surface area contributed by atoms with Crippen molar-refractivity contribution in [3.8, 4) is 11.5 Å². The first-order chi connectivity index (χ1) is 9.40. The highest BCUT2D eigenvalue weighted by atomic mass is 35.5. The van der Waals surface area contributed by atoms with Crippen LogP contribution < -0.4 is 16.2 Å². The third-order valence-corrected chi connectivity index (χ3v) is 3.06. The summed E-state index contributed by atoms with van der Waals surface area (Å²) >= 11 is 5.91. The van der Waals surface area contributed by atoms with E-state index in [2.05, 4.69) is 0 Å². The molecule has 0 unspecified atom stereocenters.